The van der Waals surface area contributed by atoms with Crippen molar-refractivity contribution in [2.45, 2.75) is 13.5 Å². The third kappa shape index (κ3) is 2.23. The van der Waals surface area contributed by atoms with E-state index in [0.29, 0.717) is 6.54 Å². The molecule has 0 unspecified atom stereocenters. The Morgan fingerprint density at radius 1 is 1.40 bits per heavy atom. The summed E-state index contributed by atoms with van der Waals surface area (Å²) in [5.41, 5.74) is 6.08. The van der Waals surface area contributed by atoms with Crippen molar-refractivity contribution in [2.75, 3.05) is 0 Å². The molecule has 2 aromatic rings. The van der Waals surface area contributed by atoms with Crippen LogP contribution >= 0.6 is 11.3 Å². The van der Waals surface area contributed by atoms with Crippen molar-refractivity contribution < 1.29 is 0 Å². The zero-order valence-corrected chi connectivity index (χ0v) is 9.34. The zero-order chi connectivity index (χ0) is 10.7. The SMILES string of the molecule is Cc1ccccc1-c1csc(CNN)n1. The van der Waals surface area contributed by atoms with Crippen molar-refractivity contribution in [1.29, 1.82) is 0 Å². The smallest absolute Gasteiger partial charge is 0.108 e. The Bertz CT molecular complexity index is 451. The Morgan fingerprint density at radius 2 is 2.20 bits per heavy atom. The highest BCUT2D eigenvalue weighted by atomic mass is 32.1. The van der Waals surface area contributed by atoms with E-state index < -0.39 is 0 Å². The Kier molecular flexibility index (Phi) is 3.11. The lowest BCUT2D eigenvalue weighted by atomic mass is 10.1. The van der Waals surface area contributed by atoms with Crippen molar-refractivity contribution in [1.82, 2.24) is 10.4 Å². The van der Waals surface area contributed by atoms with Gasteiger partial charge in [0.05, 0.1) is 12.2 Å². The molecule has 0 bridgehead atoms. The van der Waals surface area contributed by atoms with Crippen LogP contribution in [-0.2, 0) is 6.54 Å². The van der Waals surface area contributed by atoms with Crippen molar-refractivity contribution >= 4 is 11.3 Å². The fourth-order valence-corrected chi connectivity index (χ4v) is 2.21. The quantitative estimate of drug-likeness (QED) is 0.614. The first kappa shape index (κ1) is 10.3. The van der Waals surface area contributed by atoms with Gasteiger partial charge in [0.15, 0.2) is 0 Å². The fourth-order valence-electron chi connectivity index (χ4n) is 1.46. The van der Waals surface area contributed by atoms with E-state index in [2.05, 4.69) is 34.8 Å². The van der Waals surface area contributed by atoms with Crippen LogP contribution in [0.25, 0.3) is 11.3 Å². The van der Waals surface area contributed by atoms with Crippen LogP contribution in [0.3, 0.4) is 0 Å². The van der Waals surface area contributed by atoms with Crippen LogP contribution in [0.2, 0.25) is 0 Å². The number of thiazole rings is 1. The minimum atomic E-state index is 0.622. The predicted octanol–water partition coefficient (Wildman–Crippen LogP) is 2.08. The highest BCUT2D eigenvalue weighted by Crippen LogP contribution is 2.24. The maximum absolute atomic E-state index is 5.26. The molecule has 3 nitrogen and oxygen atoms in total. The number of benzene rings is 1. The second-order valence-corrected chi connectivity index (χ2v) is 4.26. The van der Waals surface area contributed by atoms with Gasteiger partial charge >= 0.3 is 0 Å². The Labute approximate surface area is 92.9 Å². The van der Waals surface area contributed by atoms with Crippen LogP contribution in [-0.4, -0.2) is 4.98 Å². The number of aryl methyl sites for hydroxylation is 1. The molecule has 0 saturated heterocycles. The maximum Gasteiger partial charge on any atom is 0.108 e. The minimum Gasteiger partial charge on any atom is -0.271 e. The normalized spacial score (nSPS) is 10.5. The van der Waals surface area contributed by atoms with Crippen molar-refractivity contribution in [3.8, 4) is 11.3 Å². The largest absolute Gasteiger partial charge is 0.271 e. The number of hydrogen-bond acceptors (Lipinski definition) is 4. The van der Waals surface area contributed by atoms with Gasteiger partial charge in [-0.3, -0.25) is 11.3 Å². The molecule has 1 aromatic heterocycles. The fraction of sp³-hybridized carbons (Fsp3) is 0.182. The molecule has 1 heterocycles. The van der Waals surface area contributed by atoms with Gasteiger partial charge in [-0.1, -0.05) is 24.3 Å². The van der Waals surface area contributed by atoms with Crippen molar-refractivity contribution in [3.63, 3.8) is 0 Å². The highest BCUT2D eigenvalue weighted by Gasteiger charge is 2.05. The summed E-state index contributed by atoms with van der Waals surface area (Å²) in [4.78, 5) is 4.51. The molecule has 0 fully saturated rings. The monoisotopic (exact) mass is 219 g/mol. The van der Waals surface area contributed by atoms with Crippen LogP contribution in [0.1, 0.15) is 10.6 Å². The molecule has 0 saturated carbocycles. The van der Waals surface area contributed by atoms with Crippen LogP contribution in [0.4, 0.5) is 0 Å². The minimum absolute atomic E-state index is 0.622. The van der Waals surface area contributed by atoms with Gasteiger partial charge < -0.3 is 0 Å². The number of nitrogens with zero attached hydrogens (tertiary/aromatic N) is 1. The van der Waals surface area contributed by atoms with Crippen LogP contribution < -0.4 is 11.3 Å². The molecule has 1 aromatic carbocycles. The zero-order valence-electron chi connectivity index (χ0n) is 8.53. The molecule has 0 amide bonds. The second kappa shape index (κ2) is 4.53. The van der Waals surface area contributed by atoms with Crippen LogP contribution in [0, 0.1) is 6.92 Å². The molecular weight excluding hydrogens is 206 g/mol. The third-order valence-corrected chi connectivity index (χ3v) is 3.07. The third-order valence-electron chi connectivity index (χ3n) is 2.23. The first-order chi connectivity index (χ1) is 7.31. The number of hydrogen-bond donors (Lipinski definition) is 2. The second-order valence-electron chi connectivity index (χ2n) is 3.32. The van der Waals surface area contributed by atoms with E-state index in [1.165, 1.54) is 11.1 Å². The summed E-state index contributed by atoms with van der Waals surface area (Å²) >= 11 is 1.62. The van der Waals surface area contributed by atoms with E-state index in [-0.39, 0.29) is 0 Å². The molecule has 0 aliphatic carbocycles. The molecule has 4 heteroatoms. The van der Waals surface area contributed by atoms with E-state index in [4.69, 9.17) is 5.84 Å². The van der Waals surface area contributed by atoms with E-state index in [0.717, 1.165) is 10.7 Å². The summed E-state index contributed by atoms with van der Waals surface area (Å²) in [6.07, 6.45) is 0. The van der Waals surface area contributed by atoms with Crippen LogP contribution in [0.15, 0.2) is 29.6 Å². The summed E-state index contributed by atoms with van der Waals surface area (Å²) in [7, 11) is 0. The van der Waals surface area contributed by atoms with Crippen molar-refractivity contribution in [3.05, 3.63) is 40.2 Å². The summed E-state index contributed by atoms with van der Waals surface area (Å²) in [5.74, 6) is 5.26. The summed E-state index contributed by atoms with van der Waals surface area (Å²) in [6, 6.07) is 8.25. The Balaban J connectivity index is 2.33. The number of hydrazine groups is 1. The van der Waals surface area contributed by atoms with Gasteiger partial charge in [-0.2, -0.15) is 0 Å². The maximum atomic E-state index is 5.26. The molecule has 0 atom stereocenters. The summed E-state index contributed by atoms with van der Waals surface area (Å²) < 4.78 is 0. The molecular formula is C11H13N3S. The Morgan fingerprint density at radius 3 is 2.93 bits per heavy atom. The molecule has 0 spiro atoms. The number of nitrogens with one attached hydrogen (secondary N) is 1. The van der Waals surface area contributed by atoms with Crippen LogP contribution in [0.5, 0.6) is 0 Å². The average Bonchev–Trinajstić information content (AvgIpc) is 2.68. The lowest BCUT2D eigenvalue weighted by molar-refractivity contribution is 0.737. The van der Waals surface area contributed by atoms with Gasteiger partial charge in [0, 0.05) is 10.9 Å². The van der Waals surface area contributed by atoms with E-state index >= 15 is 0 Å². The van der Waals surface area contributed by atoms with Gasteiger partial charge in [-0.15, -0.1) is 11.3 Å². The lowest BCUT2D eigenvalue weighted by Crippen LogP contribution is -2.20. The molecule has 3 N–H and O–H groups in total. The summed E-state index contributed by atoms with van der Waals surface area (Å²) in [5, 5.41) is 3.07. The molecule has 0 radical (unpaired) electrons. The van der Waals surface area contributed by atoms with Crippen molar-refractivity contribution in [2.24, 2.45) is 5.84 Å². The Hall–Kier alpha value is -1.23. The standard InChI is InChI=1S/C11H13N3S/c1-8-4-2-3-5-9(8)10-7-15-11(14-10)6-13-12/h2-5,7,13H,6,12H2,1H3. The molecule has 15 heavy (non-hydrogen) atoms. The first-order valence-corrected chi connectivity index (χ1v) is 5.63. The summed E-state index contributed by atoms with van der Waals surface area (Å²) in [6.45, 7) is 2.71. The molecule has 2 rings (SSSR count). The number of aromatic nitrogens is 1. The van der Waals surface area contributed by atoms with Gasteiger partial charge in [0.25, 0.3) is 0 Å². The van der Waals surface area contributed by atoms with Gasteiger partial charge in [-0.25, -0.2) is 4.98 Å². The molecule has 0 aliphatic heterocycles. The molecule has 78 valence electrons. The lowest BCUT2D eigenvalue weighted by Gasteiger charge is -2.00. The van der Waals surface area contributed by atoms with Gasteiger partial charge in [0.1, 0.15) is 5.01 Å². The highest BCUT2D eigenvalue weighted by molar-refractivity contribution is 7.09. The van der Waals surface area contributed by atoms with E-state index in [1.807, 2.05) is 12.1 Å². The predicted molar refractivity (Wildman–Crippen MR) is 63.3 cm³/mol. The van der Waals surface area contributed by atoms with Gasteiger partial charge in [-0.05, 0) is 12.5 Å². The number of nitrogens with two attached hydrogens (primary N) is 1. The topological polar surface area (TPSA) is 50.9 Å². The molecule has 0 aliphatic rings. The first-order valence-electron chi connectivity index (χ1n) is 4.75. The average molecular weight is 219 g/mol. The van der Waals surface area contributed by atoms with Gasteiger partial charge in [0.2, 0.25) is 0 Å². The van der Waals surface area contributed by atoms with E-state index in [9.17, 15) is 0 Å². The van der Waals surface area contributed by atoms with E-state index in [1.54, 1.807) is 11.3 Å². The number of rotatable bonds is 3.